The summed E-state index contributed by atoms with van der Waals surface area (Å²) in [6.45, 7) is 9.25. The third-order valence-electron chi connectivity index (χ3n) is 16.4. The third kappa shape index (κ3) is 7.97. The van der Waals surface area contributed by atoms with Gasteiger partial charge in [-0.15, -0.1) is 0 Å². The number of fused-ring (bicyclic) bond motifs is 7. The summed E-state index contributed by atoms with van der Waals surface area (Å²) in [4.78, 5) is 5.29. The molecule has 0 unspecified atom stereocenters. The van der Waals surface area contributed by atoms with E-state index >= 15 is 0 Å². The van der Waals surface area contributed by atoms with Gasteiger partial charge in [0, 0.05) is 44.6 Å². The third-order valence-corrected chi connectivity index (χ3v) is 16.4. The molecule has 4 heteroatoms. The van der Waals surface area contributed by atoms with Crippen molar-refractivity contribution in [1.29, 1.82) is 0 Å². The molecule has 0 N–H and O–H groups in total. The van der Waals surface area contributed by atoms with Gasteiger partial charge in [-0.2, -0.15) is 0 Å². The van der Waals surface area contributed by atoms with Gasteiger partial charge in [0.1, 0.15) is 5.58 Å². The molecule has 0 atom stereocenters. The topological polar surface area (TPSA) is 19.6 Å². The van der Waals surface area contributed by atoms with Gasteiger partial charge in [0.2, 0.25) is 0 Å². The molecule has 0 aliphatic carbocycles. The van der Waals surface area contributed by atoms with Gasteiger partial charge in [-0.25, -0.2) is 0 Å². The van der Waals surface area contributed by atoms with E-state index in [0.717, 1.165) is 74.8 Å². The quantitative estimate of drug-likeness (QED) is 0.127. The molecule has 78 heavy (non-hydrogen) atoms. The number of rotatable bonds is 10. The number of anilines is 6. The summed E-state index contributed by atoms with van der Waals surface area (Å²) in [6.07, 6.45) is 3.06. The van der Waals surface area contributed by atoms with Crippen molar-refractivity contribution in [2.24, 2.45) is 0 Å². The number of furan rings is 1. The molecular formula is C74H59BN2O. The Morgan fingerprint density at radius 3 is 1.36 bits per heavy atom. The normalized spacial score (nSPS) is 12.7. The summed E-state index contributed by atoms with van der Waals surface area (Å²) in [5.41, 5.74) is 26.6. The van der Waals surface area contributed by atoms with Crippen LogP contribution < -0.4 is 26.2 Å². The van der Waals surface area contributed by atoms with Crippen molar-refractivity contribution < 1.29 is 4.42 Å². The minimum Gasteiger partial charge on any atom is -0.454 e. The van der Waals surface area contributed by atoms with Crippen molar-refractivity contribution in [3.05, 3.63) is 260 Å². The van der Waals surface area contributed by atoms with Crippen LogP contribution in [0.15, 0.2) is 253 Å². The number of nitrogens with zero attached hydrogens (tertiary/aromatic N) is 2. The molecular weight excluding hydrogens is 944 g/mol. The lowest BCUT2D eigenvalue weighted by Gasteiger charge is -2.46. The van der Waals surface area contributed by atoms with Crippen molar-refractivity contribution >= 4 is 79.2 Å². The molecule has 0 saturated heterocycles. The zero-order valence-electron chi connectivity index (χ0n) is 44.7. The summed E-state index contributed by atoms with van der Waals surface area (Å²) in [5.74, 6) is 0. The van der Waals surface area contributed by atoms with Crippen molar-refractivity contribution in [1.82, 2.24) is 0 Å². The predicted octanol–water partition coefficient (Wildman–Crippen LogP) is 18.6. The van der Waals surface area contributed by atoms with Crippen LogP contribution in [0.2, 0.25) is 0 Å². The molecule has 14 rings (SSSR count). The van der Waals surface area contributed by atoms with E-state index in [9.17, 15) is 0 Å². The highest BCUT2D eigenvalue weighted by Gasteiger charge is 2.46. The first kappa shape index (κ1) is 47.3. The van der Waals surface area contributed by atoms with Crippen molar-refractivity contribution in [3.63, 3.8) is 0 Å². The zero-order chi connectivity index (χ0) is 52.5. The van der Waals surface area contributed by atoms with E-state index in [1.165, 1.54) is 83.6 Å². The Morgan fingerprint density at radius 2 is 0.859 bits per heavy atom. The lowest BCUT2D eigenvalue weighted by molar-refractivity contribution is 0.590. The number of hydrogen-bond donors (Lipinski definition) is 0. The Hall–Kier alpha value is -9.12. The van der Waals surface area contributed by atoms with Gasteiger partial charge in [0.15, 0.2) is 5.58 Å². The Balaban J connectivity index is 1.17. The van der Waals surface area contributed by atoms with Crippen molar-refractivity contribution in [2.75, 3.05) is 9.80 Å². The second-order valence-electron chi connectivity index (χ2n) is 22.2. The minimum absolute atomic E-state index is 0.147. The number of unbranched alkanes of at least 4 members (excludes halogenated alkanes) is 1. The van der Waals surface area contributed by atoms with Crippen LogP contribution in [0.5, 0.6) is 0 Å². The highest BCUT2D eigenvalue weighted by Crippen LogP contribution is 2.54. The molecule has 2 aliphatic rings. The molecule has 374 valence electrons. The van der Waals surface area contributed by atoms with Crippen LogP contribution in [0.25, 0.3) is 77.6 Å². The highest BCUT2D eigenvalue weighted by atomic mass is 16.3. The van der Waals surface area contributed by atoms with E-state index in [1.807, 2.05) is 0 Å². The van der Waals surface area contributed by atoms with E-state index in [4.69, 9.17) is 4.42 Å². The van der Waals surface area contributed by atoms with Crippen LogP contribution in [-0.4, -0.2) is 6.71 Å². The summed E-state index contributed by atoms with van der Waals surface area (Å²) >= 11 is 0. The molecule has 0 amide bonds. The molecule has 2 aliphatic heterocycles. The van der Waals surface area contributed by atoms with Gasteiger partial charge in [0.25, 0.3) is 6.71 Å². The molecule has 0 bridgehead atoms. The van der Waals surface area contributed by atoms with Gasteiger partial charge in [-0.1, -0.05) is 240 Å². The number of aryl methyl sites for hydroxylation is 1. The Labute approximate surface area is 458 Å². The van der Waals surface area contributed by atoms with Gasteiger partial charge in [0.05, 0.1) is 11.4 Å². The first-order valence-electron chi connectivity index (χ1n) is 27.8. The zero-order valence-corrected chi connectivity index (χ0v) is 44.7. The molecule has 3 heterocycles. The summed E-state index contributed by atoms with van der Waals surface area (Å²) in [7, 11) is 0. The standard InChI is InChI=1S/C74H59BN2O/c1-5-6-24-54-37-40-60-59-35-22-23-36-69(59)78-73(60)71(54)76-65-41-38-55(49-25-12-7-13-26-49)45-63(65)75-64-46-56(50-27-14-8-15-28-50)39-42-66(64)77(68-48-58(74(2,3)4)47-67(76)70(68)75)72-61(52-31-18-10-19-32-52)43-57(51-29-16-9-17-30-51)44-62(72)53-33-20-11-21-34-53/h7-23,25-48H,5-6,24H2,1-4H3. The second kappa shape index (κ2) is 19.2. The Kier molecular flexibility index (Phi) is 11.6. The Bertz CT molecular complexity index is 4160. The number of hydrogen-bond acceptors (Lipinski definition) is 3. The molecule has 0 spiro atoms. The molecule has 0 fully saturated rings. The maximum absolute atomic E-state index is 7.21. The summed E-state index contributed by atoms with van der Waals surface area (Å²) < 4.78 is 7.21. The van der Waals surface area contributed by atoms with Gasteiger partial charge < -0.3 is 14.2 Å². The lowest BCUT2D eigenvalue weighted by Crippen LogP contribution is -2.61. The molecule has 3 nitrogen and oxygen atoms in total. The smallest absolute Gasteiger partial charge is 0.252 e. The average molecular weight is 1000 g/mol. The van der Waals surface area contributed by atoms with Crippen LogP contribution in [-0.2, 0) is 11.8 Å². The average Bonchev–Trinajstić information content (AvgIpc) is 3.44. The van der Waals surface area contributed by atoms with Gasteiger partial charge in [-0.05, 0) is 133 Å². The fraction of sp³-hybridized carbons (Fsp3) is 0.108. The van der Waals surface area contributed by atoms with Crippen molar-refractivity contribution in [2.45, 2.75) is 52.4 Å². The predicted molar refractivity (Wildman–Crippen MR) is 332 cm³/mol. The molecule has 0 radical (unpaired) electrons. The molecule has 1 aromatic heterocycles. The first-order valence-corrected chi connectivity index (χ1v) is 27.8. The van der Waals surface area contributed by atoms with E-state index in [-0.39, 0.29) is 12.1 Å². The fourth-order valence-corrected chi connectivity index (χ4v) is 12.5. The van der Waals surface area contributed by atoms with Crippen LogP contribution in [0.3, 0.4) is 0 Å². The monoisotopic (exact) mass is 1000 g/mol. The maximum Gasteiger partial charge on any atom is 0.252 e. The molecule has 11 aromatic carbocycles. The van der Waals surface area contributed by atoms with Crippen molar-refractivity contribution in [3.8, 4) is 55.6 Å². The second-order valence-corrected chi connectivity index (χ2v) is 22.2. The van der Waals surface area contributed by atoms with E-state index in [0.29, 0.717) is 0 Å². The van der Waals surface area contributed by atoms with Crippen LogP contribution in [0.1, 0.15) is 51.7 Å². The summed E-state index contributed by atoms with van der Waals surface area (Å²) in [6, 6.07) is 92.5. The number of benzene rings is 11. The fourth-order valence-electron chi connectivity index (χ4n) is 12.5. The van der Waals surface area contributed by atoms with Crippen LogP contribution in [0, 0.1) is 0 Å². The molecule has 12 aromatic rings. The number of para-hydroxylation sites is 1. The SMILES string of the molecule is CCCCc1ccc2c(oc3ccccc32)c1N1c2ccc(-c3ccccc3)cc2B2c3cc(-c4ccccc4)ccc3N(c3c(-c4ccccc4)cc(-c4ccccc4)cc3-c3ccccc3)c3cc(C(C)(C)C)cc1c32. The van der Waals surface area contributed by atoms with Gasteiger partial charge in [-0.3, -0.25) is 0 Å². The minimum atomic E-state index is -0.231. The Morgan fingerprint density at radius 1 is 0.397 bits per heavy atom. The largest absolute Gasteiger partial charge is 0.454 e. The van der Waals surface area contributed by atoms with Crippen LogP contribution >= 0.6 is 0 Å². The maximum atomic E-state index is 7.21. The van der Waals surface area contributed by atoms with E-state index in [1.54, 1.807) is 0 Å². The van der Waals surface area contributed by atoms with Crippen LogP contribution in [0.4, 0.5) is 34.1 Å². The van der Waals surface area contributed by atoms with Gasteiger partial charge >= 0.3 is 0 Å². The van der Waals surface area contributed by atoms with E-state index < -0.39 is 0 Å². The highest BCUT2D eigenvalue weighted by molar-refractivity contribution is 7.00. The van der Waals surface area contributed by atoms with E-state index in [2.05, 4.69) is 286 Å². The first-order chi connectivity index (χ1) is 38.3. The lowest BCUT2D eigenvalue weighted by atomic mass is 9.33. The molecule has 0 saturated carbocycles. The summed E-state index contributed by atoms with van der Waals surface area (Å²) in [5, 5.41) is 2.26.